The maximum absolute atomic E-state index is 12.0. The Kier molecular flexibility index (Phi) is 4.12. The molecule has 2 aromatic rings. The molecular formula is C12H12F3N3OS. The quantitative estimate of drug-likeness (QED) is 0.868. The molecule has 0 aliphatic rings. The lowest BCUT2D eigenvalue weighted by Crippen LogP contribution is -2.19. The van der Waals surface area contributed by atoms with Crippen LogP contribution in [0.4, 0.5) is 19.0 Å². The number of rotatable bonds is 4. The van der Waals surface area contributed by atoms with Gasteiger partial charge < -0.3 is 9.64 Å². The molecule has 2 heterocycles. The van der Waals surface area contributed by atoms with Crippen molar-refractivity contribution >= 4 is 17.2 Å². The second-order valence-corrected chi connectivity index (χ2v) is 5.18. The summed E-state index contributed by atoms with van der Waals surface area (Å²) >= 11 is 1.55. The number of pyridine rings is 1. The maximum Gasteiger partial charge on any atom is 0.573 e. The number of anilines is 1. The Balaban J connectivity index is 2.02. The highest BCUT2D eigenvalue weighted by Crippen LogP contribution is 2.23. The molecule has 0 radical (unpaired) electrons. The van der Waals surface area contributed by atoms with E-state index in [2.05, 4.69) is 14.7 Å². The van der Waals surface area contributed by atoms with Crippen LogP contribution in [0, 0.1) is 6.92 Å². The molecular weight excluding hydrogens is 291 g/mol. The van der Waals surface area contributed by atoms with Crippen molar-refractivity contribution in [2.24, 2.45) is 0 Å². The molecule has 108 valence electrons. The van der Waals surface area contributed by atoms with Crippen LogP contribution in [0.15, 0.2) is 23.7 Å². The fraction of sp³-hybridized carbons (Fsp3) is 0.333. The normalized spacial score (nSPS) is 11.4. The van der Waals surface area contributed by atoms with Crippen molar-refractivity contribution in [3.8, 4) is 5.75 Å². The van der Waals surface area contributed by atoms with Gasteiger partial charge in [0.05, 0.1) is 23.4 Å². The Morgan fingerprint density at radius 1 is 1.35 bits per heavy atom. The highest BCUT2D eigenvalue weighted by molar-refractivity contribution is 7.09. The summed E-state index contributed by atoms with van der Waals surface area (Å²) in [4.78, 5) is 10.1. The van der Waals surface area contributed by atoms with E-state index in [-0.39, 0.29) is 5.75 Å². The van der Waals surface area contributed by atoms with E-state index >= 15 is 0 Å². The van der Waals surface area contributed by atoms with E-state index in [9.17, 15) is 13.2 Å². The highest BCUT2D eigenvalue weighted by Gasteiger charge is 2.31. The highest BCUT2D eigenvalue weighted by atomic mass is 32.1. The predicted octanol–water partition coefficient (Wildman–Crippen LogP) is 3.38. The monoisotopic (exact) mass is 303 g/mol. The lowest BCUT2D eigenvalue weighted by atomic mass is 10.4. The molecule has 2 aromatic heterocycles. The van der Waals surface area contributed by atoms with Gasteiger partial charge in [-0.3, -0.25) is 0 Å². The molecule has 8 heteroatoms. The second kappa shape index (κ2) is 5.66. The zero-order valence-electron chi connectivity index (χ0n) is 10.8. The third kappa shape index (κ3) is 4.09. The minimum absolute atomic E-state index is 0.334. The number of thiazole rings is 1. The Hall–Kier alpha value is -1.83. The predicted molar refractivity (Wildman–Crippen MR) is 69.9 cm³/mol. The minimum Gasteiger partial charge on any atom is -0.404 e. The van der Waals surface area contributed by atoms with Crippen molar-refractivity contribution < 1.29 is 17.9 Å². The van der Waals surface area contributed by atoms with Gasteiger partial charge in [0.25, 0.3) is 0 Å². The Bertz CT molecular complexity index is 568. The SMILES string of the molecule is Cc1nc(CN(C)c2ccc(OC(F)(F)F)cn2)cs1. The summed E-state index contributed by atoms with van der Waals surface area (Å²) in [7, 11) is 1.79. The van der Waals surface area contributed by atoms with Gasteiger partial charge in [-0.25, -0.2) is 9.97 Å². The van der Waals surface area contributed by atoms with Crippen LogP contribution in [0.25, 0.3) is 0 Å². The number of aryl methyl sites for hydroxylation is 1. The largest absolute Gasteiger partial charge is 0.573 e. The smallest absolute Gasteiger partial charge is 0.404 e. The molecule has 0 aliphatic heterocycles. The molecule has 0 spiro atoms. The van der Waals surface area contributed by atoms with Gasteiger partial charge in [0.2, 0.25) is 0 Å². The van der Waals surface area contributed by atoms with Crippen LogP contribution in [0.1, 0.15) is 10.7 Å². The zero-order valence-corrected chi connectivity index (χ0v) is 11.6. The third-order valence-electron chi connectivity index (χ3n) is 2.41. The number of aromatic nitrogens is 2. The average molecular weight is 303 g/mol. The molecule has 0 saturated heterocycles. The van der Waals surface area contributed by atoms with Gasteiger partial charge in [-0.05, 0) is 19.1 Å². The van der Waals surface area contributed by atoms with Gasteiger partial charge in [0, 0.05) is 12.4 Å². The van der Waals surface area contributed by atoms with Crippen LogP contribution in [-0.2, 0) is 6.54 Å². The summed E-state index contributed by atoms with van der Waals surface area (Å²) in [6, 6.07) is 2.71. The number of hydrogen-bond acceptors (Lipinski definition) is 5. The first kappa shape index (κ1) is 14.6. The summed E-state index contributed by atoms with van der Waals surface area (Å²) in [5, 5.41) is 2.91. The molecule has 0 N–H and O–H groups in total. The summed E-state index contributed by atoms with van der Waals surface area (Å²) in [6.45, 7) is 2.45. The molecule has 4 nitrogen and oxygen atoms in total. The minimum atomic E-state index is -4.70. The fourth-order valence-corrected chi connectivity index (χ4v) is 2.20. The molecule has 0 fully saturated rings. The molecule has 0 amide bonds. The first-order valence-electron chi connectivity index (χ1n) is 5.67. The van der Waals surface area contributed by atoms with E-state index in [0.717, 1.165) is 16.9 Å². The van der Waals surface area contributed by atoms with Crippen LogP contribution >= 0.6 is 11.3 Å². The van der Waals surface area contributed by atoms with Crippen molar-refractivity contribution in [1.29, 1.82) is 0 Å². The van der Waals surface area contributed by atoms with Crippen LogP contribution in [-0.4, -0.2) is 23.4 Å². The molecule has 0 bridgehead atoms. The summed E-state index contributed by atoms with van der Waals surface area (Å²) < 4.78 is 39.8. The van der Waals surface area contributed by atoms with E-state index in [1.54, 1.807) is 23.3 Å². The molecule has 2 rings (SSSR count). The van der Waals surface area contributed by atoms with E-state index in [1.165, 1.54) is 12.1 Å². The third-order valence-corrected chi connectivity index (χ3v) is 3.23. The average Bonchev–Trinajstić information content (AvgIpc) is 2.73. The summed E-state index contributed by atoms with van der Waals surface area (Å²) in [5.41, 5.74) is 0.896. The first-order chi connectivity index (χ1) is 9.33. The molecule has 0 atom stereocenters. The number of halogens is 3. The molecule has 0 aromatic carbocycles. The number of ether oxygens (including phenoxy) is 1. The lowest BCUT2D eigenvalue weighted by Gasteiger charge is -2.17. The lowest BCUT2D eigenvalue weighted by molar-refractivity contribution is -0.274. The van der Waals surface area contributed by atoms with Crippen molar-refractivity contribution in [3.63, 3.8) is 0 Å². The Morgan fingerprint density at radius 2 is 2.10 bits per heavy atom. The number of hydrogen-bond donors (Lipinski definition) is 0. The number of alkyl halides is 3. The van der Waals surface area contributed by atoms with Crippen LogP contribution in [0.5, 0.6) is 5.75 Å². The van der Waals surface area contributed by atoms with E-state index < -0.39 is 6.36 Å². The van der Waals surface area contributed by atoms with Gasteiger partial charge >= 0.3 is 6.36 Å². The Morgan fingerprint density at radius 3 is 2.60 bits per heavy atom. The first-order valence-corrected chi connectivity index (χ1v) is 6.55. The molecule has 20 heavy (non-hydrogen) atoms. The van der Waals surface area contributed by atoms with Gasteiger partial charge in [-0.2, -0.15) is 0 Å². The standard InChI is InChI=1S/C12H12F3N3OS/c1-8-17-9(7-20-8)6-18(2)11-4-3-10(5-16-11)19-12(13,14)15/h3-5,7H,6H2,1-2H3. The maximum atomic E-state index is 12.0. The summed E-state index contributed by atoms with van der Waals surface area (Å²) in [6.07, 6.45) is -3.65. The van der Waals surface area contributed by atoms with E-state index in [4.69, 9.17) is 0 Å². The van der Waals surface area contributed by atoms with E-state index in [1.807, 2.05) is 12.3 Å². The Labute approximate surface area is 117 Å². The van der Waals surface area contributed by atoms with Crippen LogP contribution in [0.2, 0.25) is 0 Å². The van der Waals surface area contributed by atoms with Crippen LogP contribution < -0.4 is 9.64 Å². The van der Waals surface area contributed by atoms with Gasteiger partial charge in [0.1, 0.15) is 11.6 Å². The summed E-state index contributed by atoms with van der Waals surface area (Å²) in [5.74, 6) is 0.212. The molecule has 0 saturated carbocycles. The van der Waals surface area contributed by atoms with Gasteiger partial charge in [-0.15, -0.1) is 24.5 Å². The van der Waals surface area contributed by atoms with Crippen molar-refractivity contribution in [2.75, 3.05) is 11.9 Å². The second-order valence-electron chi connectivity index (χ2n) is 4.11. The van der Waals surface area contributed by atoms with Crippen molar-refractivity contribution in [3.05, 3.63) is 34.4 Å². The van der Waals surface area contributed by atoms with Gasteiger partial charge in [-0.1, -0.05) is 0 Å². The van der Waals surface area contributed by atoms with Crippen LogP contribution in [0.3, 0.4) is 0 Å². The molecule has 0 aliphatic carbocycles. The van der Waals surface area contributed by atoms with Crippen molar-refractivity contribution in [1.82, 2.24) is 9.97 Å². The van der Waals surface area contributed by atoms with E-state index in [0.29, 0.717) is 12.4 Å². The fourth-order valence-electron chi connectivity index (χ4n) is 1.60. The number of nitrogens with zero attached hydrogens (tertiary/aromatic N) is 3. The van der Waals surface area contributed by atoms with Gasteiger partial charge in [0.15, 0.2) is 0 Å². The molecule has 0 unspecified atom stereocenters. The van der Waals surface area contributed by atoms with Crippen molar-refractivity contribution in [2.45, 2.75) is 19.8 Å². The topological polar surface area (TPSA) is 38.2 Å². The zero-order chi connectivity index (χ0) is 14.8.